The number of piperidine rings is 1. The summed E-state index contributed by atoms with van der Waals surface area (Å²) in [4.78, 5) is 24.9. The lowest BCUT2D eigenvalue weighted by Gasteiger charge is -2.37. The van der Waals surface area contributed by atoms with Crippen molar-refractivity contribution in [3.05, 3.63) is 54.1 Å². The van der Waals surface area contributed by atoms with Crippen molar-refractivity contribution in [2.24, 2.45) is 0 Å². The molecule has 11 heteroatoms. The Bertz CT molecular complexity index is 1060. The first-order valence-corrected chi connectivity index (χ1v) is 11.3. The van der Waals surface area contributed by atoms with Gasteiger partial charge in [0.05, 0.1) is 19.1 Å². The van der Waals surface area contributed by atoms with Crippen molar-refractivity contribution in [2.45, 2.75) is 29.8 Å². The van der Waals surface area contributed by atoms with Gasteiger partial charge in [-0.2, -0.15) is 4.31 Å². The summed E-state index contributed by atoms with van der Waals surface area (Å²) in [5, 5.41) is 12.0. The van der Waals surface area contributed by atoms with Gasteiger partial charge in [0.25, 0.3) is 11.8 Å². The molecule has 1 fully saturated rings. The maximum Gasteiger partial charge on any atom is 0.261 e. The van der Waals surface area contributed by atoms with Gasteiger partial charge in [-0.3, -0.25) is 14.8 Å². The van der Waals surface area contributed by atoms with Gasteiger partial charge in [-0.15, -0.1) is 0 Å². The molecule has 1 aliphatic rings. The number of carbonyl (C=O) groups excluding carboxylic acids is 2. The highest BCUT2D eigenvalue weighted by atomic mass is 32.2. The normalized spacial score (nSPS) is 19.1. The van der Waals surface area contributed by atoms with E-state index in [1.807, 2.05) is 0 Å². The summed E-state index contributed by atoms with van der Waals surface area (Å²) >= 11 is 0. The van der Waals surface area contributed by atoms with Crippen LogP contribution in [0.2, 0.25) is 0 Å². The summed E-state index contributed by atoms with van der Waals surface area (Å²) in [5.74, 6) is -0.121. The monoisotopic (exact) mass is 463 g/mol. The summed E-state index contributed by atoms with van der Waals surface area (Å²) < 4.78 is 37.5. The number of hydrogen-bond donors (Lipinski definition) is 3. The van der Waals surface area contributed by atoms with Gasteiger partial charge in [0, 0.05) is 18.2 Å². The second-order valence-electron chi connectivity index (χ2n) is 7.21. The van der Waals surface area contributed by atoms with Crippen LogP contribution in [0.25, 0.3) is 0 Å². The first kappa shape index (κ1) is 23.5. The standard InChI is InChI=1S/C21H25N3O7S/c1-30-16-5-3-14(4-6-16)20(25)22-15-11-12-24(19(13-15)21(26)23-27)32(28,29)18-9-7-17(31-2)8-10-18/h3-10,15,19,27H,11-13H2,1-2H3,(H,22,25)(H,23,26). The number of sulfonamides is 1. The number of methoxy groups -OCH3 is 2. The number of carbonyl (C=O) groups is 2. The van der Waals surface area contributed by atoms with Gasteiger partial charge in [0.2, 0.25) is 10.0 Å². The molecule has 0 bridgehead atoms. The molecule has 1 aliphatic heterocycles. The van der Waals surface area contributed by atoms with Crippen molar-refractivity contribution in [1.29, 1.82) is 0 Å². The molecule has 0 saturated carbocycles. The van der Waals surface area contributed by atoms with Crippen molar-refractivity contribution in [1.82, 2.24) is 15.1 Å². The molecule has 0 aliphatic carbocycles. The Balaban J connectivity index is 1.76. The van der Waals surface area contributed by atoms with Crippen molar-refractivity contribution < 1.29 is 32.7 Å². The Morgan fingerprint density at radius 1 is 1.00 bits per heavy atom. The van der Waals surface area contributed by atoms with Gasteiger partial charge >= 0.3 is 0 Å². The summed E-state index contributed by atoms with van der Waals surface area (Å²) in [6.07, 6.45) is 0.302. The number of benzene rings is 2. The first-order chi connectivity index (χ1) is 15.3. The molecule has 2 atom stereocenters. The number of hydroxylamine groups is 1. The molecule has 0 radical (unpaired) electrons. The summed E-state index contributed by atoms with van der Waals surface area (Å²) in [5.41, 5.74) is 1.94. The maximum absolute atomic E-state index is 13.2. The number of rotatable bonds is 7. The lowest BCUT2D eigenvalue weighted by atomic mass is 9.98. The predicted octanol–water partition coefficient (Wildman–Crippen LogP) is 1.16. The van der Waals surface area contributed by atoms with Crippen LogP contribution >= 0.6 is 0 Å². The van der Waals surface area contributed by atoms with Crippen molar-refractivity contribution in [3.8, 4) is 11.5 Å². The highest BCUT2D eigenvalue weighted by Gasteiger charge is 2.41. The number of amides is 2. The number of nitrogens with one attached hydrogen (secondary N) is 2. The average Bonchev–Trinajstić information content (AvgIpc) is 2.83. The molecule has 3 N–H and O–H groups in total. The average molecular weight is 464 g/mol. The van der Waals surface area contributed by atoms with E-state index >= 15 is 0 Å². The largest absolute Gasteiger partial charge is 0.497 e. The Morgan fingerprint density at radius 2 is 1.56 bits per heavy atom. The van der Waals surface area contributed by atoms with Crippen LogP contribution in [-0.4, -0.2) is 62.6 Å². The zero-order valence-electron chi connectivity index (χ0n) is 17.6. The van der Waals surface area contributed by atoms with E-state index in [-0.39, 0.29) is 23.8 Å². The molecule has 172 valence electrons. The van der Waals surface area contributed by atoms with Gasteiger partial charge in [0.15, 0.2) is 0 Å². The molecule has 2 amide bonds. The molecular weight excluding hydrogens is 438 g/mol. The van der Waals surface area contributed by atoms with Crippen LogP contribution in [0.5, 0.6) is 11.5 Å². The fourth-order valence-corrected chi connectivity index (χ4v) is 5.18. The van der Waals surface area contributed by atoms with E-state index in [9.17, 15) is 18.0 Å². The molecule has 2 unspecified atom stereocenters. The minimum atomic E-state index is -4.02. The van der Waals surface area contributed by atoms with Crippen LogP contribution in [0.4, 0.5) is 0 Å². The topological polar surface area (TPSA) is 134 Å². The summed E-state index contributed by atoms with van der Waals surface area (Å²) in [6.45, 7) is -0.0139. The fourth-order valence-electron chi connectivity index (χ4n) is 3.57. The third-order valence-corrected chi connectivity index (χ3v) is 7.24. The van der Waals surface area contributed by atoms with Gasteiger partial charge in [-0.05, 0) is 61.4 Å². The molecule has 3 rings (SSSR count). The van der Waals surface area contributed by atoms with Gasteiger partial charge in [-0.1, -0.05) is 0 Å². The molecule has 10 nitrogen and oxygen atoms in total. The molecule has 2 aromatic rings. The molecule has 0 spiro atoms. The van der Waals surface area contributed by atoms with E-state index in [4.69, 9.17) is 14.7 Å². The van der Waals surface area contributed by atoms with Crippen LogP contribution in [0.3, 0.4) is 0 Å². The summed E-state index contributed by atoms with van der Waals surface area (Å²) in [7, 11) is -1.03. The van der Waals surface area contributed by atoms with E-state index in [0.717, 1.165) is 4.31 Å². The SMILES string of the molecule is COc1ccc(C(=O)NC2CCN(S(=O)(=O)c3ccc(OC)cc3)C(C(=O)NO)C2)cc1. The van der Waals surface area contributed by atoms with E-state index in [1.54, 1.807) is 24.3 Å². The molecule has 2 aromatic carbocycles. The van der Waals surface area contributed by atoms with Gasteiger partial charge in [0.1, 0.15) is 17.5 Å². The third kappa shape index (κ3) is 5.01. The minimum Gasteiger partial charge on any atom is -0.497 e. The van der Waals surface area contributed by atoms with Gasteiger partial charge in [-0.25, -0.2) is 13.9 Å². The Morgan fingerprint density at radius 3 is 2.09 bits per heavy atom. The van der Waals surface area contributed by atoms with Crippen LogP contribution in [0.15, 0.2) is 53.4 Å². The zero-order chi connectivity index (χ0) is 23.3. The van der Waals surface area contributed by atoms with Gasteiger partial charge < -0.3 is 14.8 Å². The Hall–Kier alpha value is -3.15. The van der Waals surface area contributed by atoms with Crippen LogP contribution in [0, 0.1) is 0 Å². The highest BCUT2D eigenvalue weighted by Crippen LogP contribution is 2.27. The highest BCUT2D eigenvalue weighted by molar-refractivity contribution is 7.89. The molecular formula is C21H25N3O7S. The Kier molecular flexibility index (Phi) is 7.33. The third-order valence-electron chi connectivity index (χ3n) is 5.32. The second-order valence-corrected chi connectivity index (χ2v) is 9.10. The molecule has 1 heterocycles. The predicted molar refractivity (Wildman–Crippen MR) is 114 cm³/mol. The van der Waals surface area contributed by atoms with E-state index < -0.39 is 28.0 Å². The fraction of sp³-hybridized carbons (Fsp3) is 0.333. The van der Waals surface area contributed by atoms with Crippen LogP contribution < -0.4 is 20.3 Å². The molecule has 32 heavy (non-hydrogen) atoms. The second kappa shape index (κ2) is 9.98. The number of nitrogens with zero attached hydrogens (tertiary/aromatic N) is 1. The number of hydrogen-bond acceptors (Lipinski definition) is 7. The molecule has 0 aromatic heterocycles. The quantitative estimate of drug-likeness (QED) is 0.414. The first-order valence-electron chi connectivity index (χ1n) is 9.85. The maximum atomic E-state index is 13.2. The van der Waals surface area contributed by atoms with Crippen molar-refractivity contribution >= 4 is 21.8 Å². The number of ether oxygens (including phenoxy) is 2. The minimum absolute atomic E-state index is 0.00364. The smallest absolute Gasteiger partial charge is 0.261 e. The van der Waals surface area contributed by atoms with Crippen LogP contribution in [0.1, 0.15) is 23.2 Å². The van der Waals surface area contributed by atoms with Crippen LogP contribution in [-0.2, 0) is 14.8 Å². The zero-order valence-corrected chi connectivity index (χ0v) is 18.5. The van der Waals surface area contributed by atoms with E-state index in [2.05, 4.69) is 5.32 Å². The van der Waals surface area contributed by atoms with E-state index in [1.165, 1.54) is 44.0 Å². The Labute approximate surface area is 186 Å². The lowest BCUT2D eigenvalue weighted by Crippen LogP contribution is -2.56. The van der Waals surface area contributed by atoms with E-state index in [0.29, 0.717) is 23.5 Å². The van der Waals surface area contributed by atoms with Crippen molar-refractivity contribution in [2.75, 3.05) is 20.8 Å². The van der Waals surface area contributed by atoms with Crippen molar-refractivity contribution in [3.63, 3.8) is 0 Å². The summed E-state index contributed by atoms with van der Waals surface area (Å²) in [6, 6.07) is 10.7. The molecule has 1 saturated heterocycles. The lowest BCUT2D eigenvalue weighted by molar-refractivity contribution is -0.134.